The first-order chi connectivity index (χ1) is 18.1. The lowest BCUT2D eigenvalue weighted by Gasteiger charge is -2.39. The zero-order valence-electron chi connectivity index (χ0n) is 23.4. The molecule has 3 amide bonds. The molecular weight excluding hydrogens is 543 g/mol. The van der Waals surface area contributed by atoms with E-state index < -0.39 is 17.8 Å². The van der Waals surface area contributed by atoms with Crippen molar-refractivity contribution in [1.82, 2.24) is 10.2 Å². The molecule has 214 valence electrons. The van der Waals surface area contributed by atoms with Crippen molar-refractivity contribution in [3.63, 3.8) is 0 Å². The molecule has 0 radical (unpaired) electrons. The first-order valence-corrected chi connectivity index (χ1v) is 14.1. The number of ether oxygens (including phenoxy) is 1. The summed E-state index contributed by atoms with van der Waals surface area (Å²) in [4.78, 5) is 42.6. The van der Waals surface area contributed by atoms with Gasteiger partial charge in [0.2, 0.25) is 5.91 Å². The van der Waals surface area contributed by atoms with Gasteiger partial charge in [-0.15, -0.1) is 11.3 Å². The van der Waals surface area contributed by atoms with Crippen molar-refractivity contribution >= 4 is 52.0 Å². The van der Waals surface area contributed by atoms with Gasteiger partial charge in [-0.3, -0.25) is 19.3 Å². The van der Waals surface area contributed by atoms with E-state index in [1.54, 1.807) is 18.2 Å². The quantitative estimate of drug-likeness (QED) is 0.434. The van der Waals surface area contributed by atoms with Crippen LogP contribution < -0.4 is 15.5 Å². The van der Waals surface area contributed by atoms with Crippen LogP contribution in [-0.2, 0) is 14.3 Å². The molecule has 8 nitrogen and oxygen atoms in total. The van der Waals surface area contributed by atoms with Gasteiger partial charge in [0.15, 0.2) is 0 Å². The normalized spacial score (nSPS) is 15.4. The number of rotatable bonds is 9. The van der Waals surface area contributed by atoms with Gasteiger partial charge < -0.3 is 20.3 Å². The maximum absolute atomic E-state index is 15.2. The van der Waals surface area contributed by atoms with Gasteiger partial charge in [-0.05, 0) is 41.2 Å². The molecule has 2 aromatic rings. The van der Waals surface area contributed by atoms with E-state index in [0.717, 1.165) is 11.3 Å². The van der Waals surface area contributed by atoms with Crippen molar-refractivity contribution in [3.8, 4) is 0 Å². The highest BCUT2D eigenvalue weighted by molar-refractivity contribution is 7.18. The molecule has 1 aromatic carbocycles. The average molecular weight is 581 g/mol. The van der Waals surface area contributed by atoms with Crippen LogP contribution in [0.15, 0.2) is 30.3 Å². The van der Waals surface area contributed by atoms with Crippen LogP contribution in [0.5, 0.6) is 0 Å². The summed E-state index contributed by atoms with van der Waals surface area (Å²) in [5, 5.41) is 5.58. The summed E-state index contributed by atoms with van der Waals surface area (Å²) in [6.07, 6.45) is 0. The fourth-order valence-corrected chi connectivity index (χ4v) is 5.34. The van der Waals surface area contributed by atoms with E-state index in [4.69, 9.17) is 16.3 Å². The molecule has 1 saturated heterocycles. The fourth-order valence-electron chi connectivity index (χ4n) is 4.38. The lowest BCUT2D eigenvalue weighted by molar-refractivity contribution is -0.125. The molecule has 3 rings (SSSR count). The molecule has 1 fully saturated rings. The Kier molecular flexibility index (Phi) is 10.1. The first kappa shape index (κ1) is 31.0. The third-order valence-corrected chi connectivity index (χ3v) is 7.09. The highest BCUT2D eigenvalue weighted by atomic mass is 35.5. The number of morpholine rings is 1. The largest absolute Gasteiger partial charge is 0.370 e. The Morgan fingerprint density at radius 1 is 1.13 bits per heavy atom. The third kappa shape index (κ3) is 9.27. The maximum atomic E-state index is 15.2. The van der Waals surface area contributed by atoms with E-state index in [0.29, 0.717) is 41.1 Å². The Bertz CT molecular complexity index is 1170. The number of hydrogen-bond donors (Lipinski definition) is 2. The number of hydrogen-bond acceptors (Lipinski definition) is 6. The second-order valence-electron chi connectivity index (χ2n) is 12.1. The molecule has 0 bridgehead atoms. The SMILES string of the molecule is CC(C)(C)CN(CC(C)(C)C)[C@H](CNC(=O)c1ccc(Cl)s1)C(=O)Nc1ccc(N2CCOCC2=O)cc1F. The minimum Gasteiger partial charge on any atom is -0.370 e. The topological polar surface area (TPSA) is 91.0 Å². The van der Waals surface area contributed by atoms with Crippen LogP contribution in [0.4, 0.5) is 15.8 Å². The number of halogens is 2. The first-order valence-electron chi connectivity index (χ1n) is 12.9. The third-order valence-electron chi connectivity index (χ3n) is 5.86. The standard InChI is InChI=1S/C28H38ClFN4O4S/c1-27(2,3)16-33(17-28(4,5)6)21(14-31-26(37)22-9-10-23(29)39-22)25(36)32-20-8-7-18(13-19(20)30)34-11-12-38-15-24(34)35/h7-10,13,21H,11-12,14-17H2,1-6H3,(H,31,37)(H,32,36)/t21-/m1/s1. The Labute approximate surface area is 238 Å². The van der Waals surface area contributed by atoms with Crippen LogP contribution in [0.1, 0.15) is 51.2 Å². The van der Waals surface area contributed by atoms with Crippen molar-refractivity contribution in [3.05, 3.63) is 45.4 Å². The molecular formula is C28H38ClFN4O4S. The van der Waals surface area contributed by atoms with Crippen molar-refractivity contribution < 1.29 is 23.5 Å². The molecule has 0 spiro atoms. The number of carbonyl (C=O) groups is 3. The minimum absolute atomic E-state index is 0.00251. The fraction of sp³-hybridized carbons (Fsp3) is 0.536. The summed E-state index contributed by atoms with van der Waals surface area (Å²) in [5.74, 6) is -1.68. The van der Waals surface area contributed by atoms with Gasteiger partial charge in [-0.1, -0.05) is 53.1 Å². The molecule has 2 heterocycles. The molecule has 39 heavy (non-hydrogen) atoms. The molecule has 2 N–H and O–H groups in total. The summed E-state index contributed by atoms with van der Waals surface area (Å²) in [6.45, 7) is 14.3. The van der Waals surface area contributed by atoms with Crippen LogP contribution >= 0.6 is 22.9 Å². The summed E-state index contributed by atoms with van der Waals surface area (Å²) < 4.78 is 20.8. The number of carbonyl (C=O) groups excluding carboxylic acids is 3. The van der Waals surface area contributed by atoms with Crippen LogP contribution in [0.2, 0.25) is 4.34 Å². The lowest BCUT2D eigenvalue weighted by atomic mass is 9.90. The molecule has 1 aliphatic heterocycles. The average Bonchev–Trinajstić information content (AvgIpc) is 3.25. The van der Waals surface area contributed by atoms with Gasteiger partial charge >= 0.3 is 0 Å². The van der Waals surface area contributed by atoms with Crippen molar-refractivity contribution in [2.45, 2.75) is 47.6 Å². The van der Waals surface area contributed by atoms with E-state index in [2.05, 4.69) is 52.2 Å². The van der Waals surface area contributed by atoms with Gasteiger partial charge in [0.1, 0.15) is 18.5 Å². The van der Waals surface area contributed by atoms with Gasteiger partial charge in [0, 0.05) is 31.9 Å². The minimum atomic E-state index is -0.775. The summed E-state index contributed by atoms with van der Waals surface area (Å²) in [7, 11) is 0. The van der Waals surface area contributed by atoms with Crippen molar-refractivity contribution in [1.29, 1.82) is 0 Å². The van der Waals surface area contributed by atoms with Gasteiger partial charge in [0.25, 0.3) is 11.8 Å². The second kappa shape index (κ2) is 12.8. The number of thiophene rings is 1. The molecule has 1 atom stereocenters. The second-order valence-corrected chi connectivity index (χ2v) is 13.8. The predicted octanol–water partition coefficient (Wildman–Crippen LogP) is 5.04. The van der Waals surface area contributed by atoms with E-state index in [-0.39, 0.29) is 41.5 Å². The smallest absolute Gasteiger partial charge is 0.261 e. The number of anilines is 2. The molecule has 11 heteroatoms. The maximum Gasteiger partial charge on any atom is 0.261 e. The van der Waals surface area contributed by atoms with Crippen molar-refractivity contribution in [2.75, 3.05) is 49.6 Å². The summed E-state index contributed by atoms with van der Waals surface area (Å²) in [6, 6.07) is 6.79. The van der Waals surface area contributed by atoms with Gasteiger partial charge in [-0.25, -0.2) is 4.39 Å². The van der Waals surface area contributed by atoms with E-state index in [1.165, 1.54) is 17.0 Å². The zero-order chi connectivity index (χ0) is 29.0. The van der Waals surface area contributed by atoms with E-state index in [1.807, 2.05) is 4.90 Å². The highest BCUT2D eigenvalue weighted by Gasteiger charge is 2.33. The zero-order valence-corrected chi connectivity index (χ0v) is 25.0. The molecule has 0 saturated carbocycles. The van der Waals surface area contributed by atoms with Crippen molar-refractivity contribution in [2.24, 2.45) is 10.8 Å². The predicted molar refractivity (Wildman–Crippen MR) is 154 cm³/mol. The molecule has 1 aliphatic rings. The molecule has 0 aliphatic carbocycles. The Balaban J connectivity index is 1.85. The van der Waals surface area contributed by atoms with Crippen LogP contribution in [0, 0.1) is 16.6 Å². The Morgan fingerprint density at radius 3 is 2.33 bits per heavy atom. The molecule has 1 aromatic heterocycles. The lowest BCUT2D eigenvalue weighted by Crippen LogP contribution is -2.54. The number of nitrogens with zero attached hydrogens (tertiary/aromatic N) is 2. The number of amides is 3. The summed E-state index contributed by atoms with van der Waals surface area (Å²) in [5.41, 5.74) is 0.107. The Hall–Kier alpha value is -2.53. The van der Waals surface area contributed by atoms with Gasteiger partial charge in [0.05, 0.1) is 21.5 Å². The Morgan fingerprint density at radius 2 is 1.79 bits per heavy atom. The number of nitrogens with one attached hydrogen (secondary N) is 2. The van der Waals surface area contributed by atoms with Crippen LogP contribution in [0.3, 0.4) is 0 Å². The highest BCUT2D eigenvalue weighted by Crippen LogP contribution is 2.26. The van der Waals surface area contributed by atoms with E-state index >= 15 is 4.39 Å². The number of benzene rings is 1. The molecule has 0 unspecified atom stereocenters. The van der Waals surface area contributed by atoms with E-state index in [9.17, 15) is 14.4 Å². The van der Waals surface area contributed by atoms with Crippen LogP contribution in [0.25, 0.3) is 0 Å². The van der Waals surface area contributed by atoms with Crippen LogP contribution in [-0.4, -0.2) is 68.1 Å². The summed E-state index contributed by atoms with van der Waals surface area (Å²) >= 11 is 7.15. The van der Waals surface area contributed by atoms with Gasteiger partial charge in [-0.2, -0.15) is 0 Å². The monoisotopic (exact) mass is 580 g/mol.